The molecule has 0 saturated heterocycles. The summed E-state index contributed by atoms with van der Waals surface area (Å²) in [6.07, 6.45) is 3.83. The van der Waals surface area contributed by atoms with Gasteiger partial charge in [-0.05, 0) is 12.1 Å². The summed E-state index contributed by atoms with van der Waals surface area (Å²) in [6, 6.07) is 3.67. The van der Waals surface area contributed by atoms with Crippen LogP contribution in [0.1, 0.15) is 0 Å². The van der Waals surface area contributed by atoms with Gasteiger partial charge in [0, 0.05) is 0 Å². The number of nitrogens with one attached hydrogen (secondary N) is 1. The van der Waals surface area contributed by atoms with Crippen molar-refractivity contribution in [2.75, 3.05) is 0 Å². The zero-order valence-corrected chi connectivity index (χ0v) is 6.51. The molecule has 65 valence electrons. The molecule has 0 amide bonds. The molecule has 4 heteroatoms. The summed E-state index contributed by atoms with van der Waals surface area (Å²) in [7, 11) is 0. The molecule has 2 rings (SSSR count). The van der Waals surface area contributed by atoms with Crippen LogP contribution >= 0.6 is 0 Å². The van der Waals surface area contributed by atoms with Crippen LogP contribution in [0.15, 0.2) is 24.4 Å². The molecule has 0 aliphatic carbocycles. The van der Waals surface area contributed by atoms with Gasteiger partial charge in [0.1, 0.15) is 17.5 Å². The fraction of sp³-hybridized carbons (Fsp3) is 0. The number of halogens is 2. The second kappa shape index (κ2) is 2.97. The number of hydrogen-bond donors (Lipinski definition) is 1. The molecule has 2 nitrogen and oxygen atoms in total. The van der Waals surface area contributed by atoms with Gasteiger partial charge in [-0.3, -0.25) is 0 Å². The average Bonchev–Trinajstić information content (AvgIpc) is 2.57. The summed E-state index contributed by atoms with van der Waals surface area (Å²) >= 11 is 0. The summed E-state index contributed by atoms with van der Waals surface area (Å²) in [5.41, 5.74) is -0.149. The fourth-order valence-corrected chi connectivity index (χ4v) is 1.08. The minimum atomic E-state index is -0.636. The lowest BCUT2D eigenvalue weighted by molar-refractivity contribution is 0.588. The van der Waals surface area contributed by atoms with Crippen LogP contribution in [0, 0.1) is 17.8 Å². The van der Waals surface area contributed by atoms with Crippen molar-refractivity contribution in [1.29, 1.82) is 0 Å². The molecule has 13 heavy (non-hydrogen) atoms. The van der Waals surface area contributed by atoms with Gasteiger partial charge in [-0.1, -0.05) is 6.07 Å². The SMILES string of the molecule is Fc1cccc(F)c1-c1nc[c][nH]1. The third kappa shape index (κ3) is 1.30. The third-order valence-corrected chi connectivity index (χ3v) is 1.65. The highest BCUT2D eigenvalue weighted by Gasteiger charge is 2.11. The molecule has 0 saturated carbocycles. The fourth-order valence-electron chi connectivity index (χ4n) is 1.08. The van der Waals surface area contributed by atoms with Crippen molar-refractivity contribution in [3.63, 3.8) is 0 Å². The Hall–Kier alpha value is -1.71. The summed E-state index contributed by atoms with van der Waals surface area (Å²) in [5.74, 6) is -1.12. The predicted molar refractivity (Wildman–Crippen MR) is 42.8 cm³/mol. The maximum absolute atomic E-state index is 13.1. The molecule has 2 aromatic rings. The highest BCUT2D eigenvalue weighted by Crippen LogP contribution is 2.21. The van der Waals surface area contributed by atoms with Crippen LogP contribution in [-0.2, 0) is 0 Å². The largest absolute Gasteiger partial charge is 0.337 e. The van der Waals surface area contributed by atoms with E-state index in [4.69, 9.17) is 0 Å². The Labute approximate surface area is 73.2 Å². The van der Waals surface area contributed by atoms with Crippen molar-refractivity contribution in [3.05, 3.63) is 42.2 Å². The molecule has 0 fully saturated rings. The lowest BCUT2D eigenvalue weighted by atomic mass is 10.2. The van der Waals surface area contributed by atoms with Gasteiger partial charge in [0.05, 0.1) is 18.0 Å². The number of benzene rings is 1. The minimum Gasteiger partial charge on any atom is -0.337 e. The summed E-state index contributed by atoms with van der Waals surface area (Å²) in [6.45, 7) is 0. The van der Waals surface area contributed by atoms with Crippen molar-refractivity contribution in [2.45, 2.75) is 0 Å². The molecule has 1 aromatic heterocycles. The number of nitrogens with zero attached hydrogens (tertiary/aromatic N) is 1. The number of hydrogen-bond acceptors (Lipinski definition) is 1. The Bertz CT molecular complexity index is 389. The number of imidazole rings is 1. The zero-order valence-electron chi connectivity index (χ0n) is 6.51. The van der Waals surface area contributed by atoms with E-state index in [0.717, 1.165) is 0 Å². The van der Waals surface area contributed by atoms with Crippen LogP contribution in [0.5, 0.6) is 0 Å². The van der Waals surface area contributed by atoms with Gasteiger partial charge >= 0.3 is 0 Å². The molecule has 0 unspecified atom stereocenters. The van der Waals surface area contributed by atoms with E-state index in [2.05, 4.69) is 16.2 Å². The molecule has 0 bridgehead atoms. The summed E-state index contributed by atoms with van der Waals surface area (Å²) < 4.78 is 26.2. The van der Waals surface area contributed by atoms with Gasteiger partial charge in [0.2, 0.25) is 0 Å². The number of rotatable bonds is 1. The molecule has 1 heterocycles. The lowest BCUT2D eigenvalue weighted by Gasteiger charge is -1.99. The zero-order chi connectivity index (χ0) is 9.26. The first-order chi connectivity index (χ1) is 6.29. The second-order valence-corrected chi connectivity index (χ2v) is 2.47. The van der Waals surface area contributed by atoms with Crippen LogP contribution in [-0.4, -0.2) is 9.97 Å². The van der Waals surface area contributed by atoms with Crippen molar-refractivity contribution in [1.82, 2.24) is 9.97 Å². The van der Waals surface area contributed by atoms with E-state index in [0.29, 0.717) is 0 Å². The van der Waals surface area contributed by atoms with Gasteiger partial charge in [-0.15, -0.1) is 0 Å². The summed E-state index contributed by atoms with van der Waals surface area (Å²) in [5, 5.41) is 0. The van der Waals surface area contributed by atoms with Crippen molar-refractivity contribution < 1.29 is 8.78 Å². The maximum atomic E-state index is 13.1. The Morgan fingerprint density at radius 2 is 1.92 bits per heavy atom. The lowest BCUT2D eigenvalue weighted by Crippen LogP contribution is -1.90. The smallest absolute Gasteiger partial charge is 0.143 e. The van der Waals surface area contributed by atoms with E-state index in [-0.39, 0.29) is 11.4 Å². The van der Waals surface area contributed by atoms with Crippen LogP contribution in [0.2, 0.25) is 0 Å². The van der Waals surface area contributed by atoms with Crippen molar-refractivity contribution >= 4 is 0 Å². The monoisotopic (exact) mass is 179 g/mol. The highest BCUT2D eigenvalue weighted by atomic mass is 19.1. The predicted octanol–water partition coefficient (Wildman–Crippen LogP) is 2.16. The average molecular weight is 179 g/mol. The van der Waals surface area contributed by atoms with Crippen molar-refractivity contribution in [3.8, 4) is 11.4 Å². The molecule has 0 atom stereocenters. The van der Waals surface area contributed by atoms with E-state index >= 15 is 0 Å². The Morgan fingerprint density at radius 1 is 1.23 bits per heavy atom. The van der Waals surface area contributed by atoms with E-state index in [9.17, 15) is 8.78 Å². The Morgan fingerprint density at radius 3 is 2.46 bits per heavy atom. The van der Waals surface area contributed by atoms with Gasteiger partial charge in [-0.2, -0.15) is 0 Å². The molecule has 1 aromatic carbocycles. The topological polar surface area (TPSA) is 28.7 Å². The number of aromatic nitrogens is 2. The van der Waals surface area contributed by atoms with Gasteiger partial charge in [0.15, 0.2) is 0 Å². The van der Waals surface area contributed by atoms with Crippen LogP contribution < -0.4 is 0 Å². The standard InChI is InChI=1S/C9H5F2N2/c10-6-2-1-3-7(11)8(6)9-12-4-5-13-9/h1-4H,(H,12,13). The molecular formula is C9H5F2N2. The van der Waals surface area contributed by atoms with Gasteiger partial charge in [0.25, 0.3) is 0 Å². The minimum absolute atomic E-state index is 0.149. The molecule has 0 spiro atoms. The van der Waals surface area contributed by atoms with E-state index in [1.54, 1.807) is 0 Å². The molecule has 0 aliphatic rings. The van der Waals surface area contributed by atoms with Gasteiger partial charge < -0.3 is 4.98 Å². The second-order valence-electron chi connectivity index (χ2n) is 2.47. The Kier molecular flexibility index (Phi) is 1.81. The van der Waals surface area contributed by atoms with Crippen LogP contribution in [0.3, 0.4) is 0 Å². The summed E-state index contributed by atoms with van der Waals surface area (Å²) in [4.78, 5) is 6.24. The number of H-pyrrole nitrogens is 1. The molecular weight excluding hydrogens is 174 g/mol. The maximum Gasteiger partial charge on any atom is 0.143 e. The van der Waals surface area contributed by atoms with Crippen molar-refractivity contribution in [2.24, 2.45) is 0 Å². The van der Waals surface area contributed by atoms with E-state index in [1.807, 2.05) is 0 Å². The molecule has 0 aliphatic heterocycles. The van der Waals surface area contributed by atoms with Gasteiger partial charge in [-0.25, -0.2) is 13.8 Å². The van der Waals surface area contributed by atoms with E-state index < -0.39 is 11.6 Å². The number of aromatic amines is 1. The first-order valence-electron chi connectivity index (χ1n) is 3.64. The molecule has 1 radical (unpaired) electrons. The Balaban J connectivity index is 2.64. The normalized spacial score (nSPS) is 10.3. The highest BCUT2D eigenvalue weighted by molar-refractivity contribution is 5.56. The third-order valence-electron chi connectivity index (χ3n) is 1.65. The molecule has 1 N–H and O–H groups in total. The van der Waals surface area contributed by atoms with Crippen LogP contribution in [0.25, 0.3) is 11.4 Å². The quantitative estimate of drug-likeness (QED) is 0.713. The van der Waals surface area contributed by atoms with E-state index in [1.165, 1.54) is 24.4 Å². The van der Waals surface area contributed by atoms with Crippen LogP contribution in [0.4, 0.5) is 8.78 Å². The first kappa shape index (κ1) is 7.91. The first-order valence-corrected chi connectivity index (χ1v) is 3.64.